The smallest absolute Gasteiger partial charge is 0.407 e. The molecule has 14 heteroatoms. The Morgan fingerprint density at radius 2 is 1.46 bits per heavy atom. The van der Waals surface area contributed by atoms with Crippen molar-refractivity contribution in [2.45, 2.75) is 50.8 Å². The summed E-state index contributed by atoms with van der Waals surface area (Å²) in [7, 11) is 0. The van der Waals surface area contributed by atoms with Crippen molar-refractivity contribution in [1.29, 1.82) is 0 Å². The van der Waals surface area contributed by atoms with Gasteiger partial charge in [-0.05, 0) is 41.8 Å². The molecule has 2 amide bonds. The minimum atomic E-state index is -1.31. The third kappa shape index (κ3) is 8.82. The van der Waals surface area contributed by atoms with Gasteiger partial charge in [-0.3, -0.25) is 14.6 Å². The van der Waals surface area contributed by atoms with Gasteiger partial charge < -0.3 is 38.7 Å². The Balaban J connectivity index is 1.14. The number of nitrogens with zero attached hydrogens (tertiary/aromatic N) is 1. The molecule has 1 aliphatic carbocycles. The molecule has 52 heavy (non-hydrogen) atoms. The van der Waals surface area contributed by atoms with Gasteiger partial charge in [0.25, 0.3) is 0 Å². The molecule has 0 spiro atoms. The number of benzene rings is 2. The van der Waals surface area contributed by atoms with Gasteiger partial charge in [-0.2, -0.15) is 0 Å². The molecule has 2 aromatic carbocycles. The predicted molar refractivity (Wildman–Crippen MR) is 183 cm³/mol. The lowest BCUT2D eigenvalue weighted by molar-refractivity contribution is -0.168. The summed E-state index contributed by atoms with van der Waals surface area (Å²) >= 11 is 0. The molecule has 14 nitrogen and oxygen atoms in total. The number of ether oxygens (including phenoxy) is 5. The number of amides is 2. The van der Waals surface area contributed by atoms with E-state index in [2.05, 4.69) is 15.6 Å². The van der Waals surface area contributed by atoms with E-state index in [9.17, 15) is 24.0 Å². The lowest BCUT2D eigenvalue weighted by Crippen LogP contribution is -2.56. The number of fused-ring (bicyclic) bond motifs is 2. The topological polar surface area (TPSA) is 182 Å². The van der Waals surface area contributed by atoms with Gasteiger partial charge in [-0.15, -0.1) is 0 Å². The fraction of sp³-hybridized carbons (Fsp3) is 0.263. The van der Waals surface area contributed by atoms with Crippen molar-refractivity contribution in [3.63, 3.8) is 0 Å². The fourth-order valence-corrected chi connectivity index (χ4v) is 5.80. The molecule has 0 bridgehead atoms. The molecular weight excluding hydrogens is 674 g/mol. The van der Waals surface area contributed by atoms with Crippen LogP contribution in [0.2, 0.25) is 0 Å². The zero-order valence-electron chi connectivity index (χ0n) is 28.1. The SMILES string of the molecule is C[C@@]12Oc3cc(-c4cccnc4)oc(=O)c3C=C1C[C@@H](OC(=O)CNC(=O)OCc1ccccc1)C[C@H]2OC(=O)CNC(=O)OCc1ccccc1. The summed E-state index contributed by atoms with van der Waals surface area (Å²) in [6, 6.07) is 23.1. The third-order valence-electron chi connectivity index (χ3n) is 8.46. The Labute approximate surface area is 297 Å². The molecular formula is C38H35N3O11. The first-order chi connectivity index (χ1) is 25.2. The van der Waals surface area contributed by atoms with Crippen LogP contribution in [0.15, 0.2) is 106 Å². The summed E-state index contributed by atoms with van der Waals surface area (Å²) < 4.78 is 33.9. The minimum Gasteiger partial charge on any atom is -0.478 e. The van der Waals surface area contributed by atoms with Gasteiger partial charge in [0.1, 0.15) is 55.6 Å². The highest BCUT2D eigenvalue weighted by molar-refractivity contribution is 5.79. The van der Waals surface area contributed by atoms with Gasteiger partial charge in [-0.1, -0.05) is 60.7 Å². The number of carbonyl (C=O) groups excluding carboxylic acids is 4. The van der Waals surface area contributed by atoms with E-state index >= 15 is 0 Å². The number of alkyl carbamates (subject to hydrolysis) is 2. The first-order valence-corrected chi connectivity index (χ1v) is 16.4. The molecule has 2 aromatic heterocycles. The zero-order chi connectivity index (χ0) is 36.5. The second-order valence-electron chi connectivity index (χ2n) is 12.2. The molecule has 0 unspecified atom stereocenters. The third-order valence-corrected chi connectivity index (χ3v) is 8.46. The summed E-state index contributed by atoms with van der Waals surface area (Å²) in [6.07, 6.45) is 1.28. The Hall–Kier alpha value is -6.44. The molecule has 4 aromatic rings. The summed E-state index contributed by atoms with van der Waals surface area (Å²) in [5.74, 6) is -1.16. The molecule has 3 atom stereocenters. The normalized spacial score (nSPS) is 18.6. The van der Waals surface area contributed by atoms with Gasteiger partial charge >= 0.3 is 29.8 Å². The van der Waals surface area contributed by atoms with Crippen LogP contribution < -0.4 is 21.0 Å². The van der Waals surface area contributed by atoms with Gasteiger partial charge in [0.05, 0.1) is 0 Å². The summed E-state index contributed by atoms with van der Waals surface area (Å²) in [5.41, 5.74) is 0.736. The number of carbonyl (C=O) groups is 4. The van der Waals surface area contributed by atoms with E-state index in [0.717, 1.165) is 11.1 Å². The zero-order valence-corrected chi connectivity index (χ0v) is 28.1. The van der Waals surface area contributed by atoms with Crippen LogP contribution in [0.1, 0.15) is 36.5 Å². The number of esters is 2. The average Bonchev–Trinajstić information content (AvgIpc) is 3.15. The van der Waals surface area contributed by atoms with Crippen molar-refractivity contribution in [3.8, 4) is 17.1 Å². The number of pyridine rings is 1. The van der Waals surface area contributed by atoms with E-state index < -0.39 is 60.6 Å². The van der Waals surface area contributed by atoms with Gasteiger partial charge in [0.15, 0.2) is 5.60 Å². The number of nitrogens with one attached hydrogen (secondary N) is 2. The maximum Gasteiger partial charge on any atom is 0.407 e. The van der Waals surface area contributed by atoms with Crippen LogP contribution in [0.5, 0.6) is 5.75 Å². The van der Waals surface area contributed by atoms with Gasteiger partial charge in [-0.25, -0.2) is 14.4 Å². The van der Waals surface area contributed by atoms with E-state index in [0.29, 0.717) is 11.1 Å². The van der Waals surface area contributed by atoms with E-state index in [1.807, 2.05) is 36.4 Å². The van der Waals surface area contributed by atoms with Crippen LogP contribution in [0.3, 0.4) is 0 Å². The molecule has 0 saturated heterocycles. The Morgan fingerprint density at radius 3 is 2.06 bits per heavy atom. The molecule has 2 N–H and O–H groups in total. The molecule has 0 radical (unpaired) electrons. The van der Waals surface area contributed by atoms with Gasteiger partial charge in [0.2, 0.25) is 0 Å². The molecule has 2 aliphatic rings. The fourth-order valence-electron chi connectivity index (χ4n) is 5.80. The van der Waals surface area contributed by atoms with Gasteiger partial charge in [0, 0.05) is 36.9 Å². The van der Waals surface area contributed by atoms with Crippen LogP contribution in [0.25, 0.3) is 17.4 Å². The van der Waals surface area contributed by atoms with Crippen molar-refractivity contribution in [1.82, 2.24) is 15.6 Å². The second kappa shape index (κ2) is 16.1. The maximum absolute atomic E-state index is 13.2. The minimum absolute atomic E-state index is 0.00545. The quantitative estimate of drug-likeness (QED) is 0.162. The van der Waals surface area contributed by atoms with Crippen LogP contribution in [0, 0.1) is 0 Å². The first-order valence-electron chi connectivity index (χ1n) is 16.4. The van der Waals surface area contributed by atoms with Crippen molar-refractivity contribution >= 4 is 30.2 Å². The monoisotopic (exact) mass is 709 g/mol. The van der Waals surface area contributed by atoms with Crippen molar-refractivity contribution in [3.05, 3.63) is 124 Å². The molecule has 1 saturated carbocycles. The van der Waals surface area contributed by atoms with Crippen molar-refractivity contribution in [2.75, 3.05) is 13.1 Å². The van der Waals surface area contributed by atoms with Crippen molar-refractivity contribution < 1.29 is 47.3 Å². The van der Waals surface area contributed by atoms with Crippen LogP contribution in [-0.2, 0) is 41.8 Å². The number of rotatable bonds is 11. The van der Waals surface area contributed by atoms with Crippen LogP contribution in [0.4, 0.5) is 9.59 Å². The Morgan fingerprint density at radius 1 is 0.846 bits per heavy atom. The molecule has 6 rings (SSSR count). The van der Waals surface area contributed by atoms with E-state index in [1.165, 1.54) is 6.20 Å². The number of hydrogen-bond acceptors (Lipinski definition) is 12. The average molecular weight is 710 g/mol. The second-order valence-corrected chi connectivity index (χ2v) is 12.2. The van der Waals surface area contributed by atoms with E-state index in [4.69, 9.17) is 28.1 Å². The number of aromatic nitrogens is 1. The first kappa shape index (κ1) is 35.4. The Bertz CT molecular complexity index is 2000. The molecule has 268 valence electrons. The summed E-state index contributed by atoms with van der Waals surface area (Å²) in [6.45, 7) is 0.709. The van der Waals surface area contributed by atoms with E-state index in [-0.39, 0.29) is 43.1 Å². The summed E-state index contributed by atoms with van der Waals surface area (Å²) in [4.78, 5) is 67.7. The molecule has 3 heterocycles. The van der Waals surface area contributed by atoms with E-state index in [1.54, 1.807) is 61.7 Å². The highest BCUT2D eigenvalue weighted by Gasteiger charge is 2.51. The van der Waals surface area contributed by atoms with Crippen LogP contribution in [-0.4, -0.2) is 60.0 Å². The molecule has 1 aliphatic heterocycles. The summed E-state index contributed by atoms with van der Waals surface area (Å²) in [5, 5.41) is 4.74. The predicted octanol–water partition coefficient (Wildman–Crippen LogP) is 4.71. The number of hydrogen-bond donors (Lipinski definition) is 2. The highest BCUT2D eigenvalue weighted by atomic mass is 16.6. The Kier molecular flexibility index (Phi) is 10.9. The maximum atomic E-state index is 13.2. The lowest BCUT2D eigenvalue weighted by atomic mass is 9.75. The lowest BCUT2D eigenvalue weighted by Gasteiger charge is -2.46. The van der Waals surface area contributed by atoms with Crippen molar-refractivity contribution in [2.24, 2.45) is 0 Å². The standard InChI is InChI=1S/C38H35N3O11/c1-38-27(16-29-31(52-38)18-30(50-35(29)44)26-13-8-14-39-19-26)15-28(49-33(42)20-40-36(45)47-22-24-9-4-2-5-10-24)17-32(38)51-34(43)21-41-37(46)48-23-25-11-6-3-7-12-25/h2-14,16,18-19,28,32H,15,17,20-23H2,1H3,(H,40,45)(H,41,46)/t28-,32-,38-/m1/s1. The molecule has 1 fully saturated rings. The highest BCUT2D eigenvalue weighted by Crippen LogP contribution is 2.45. The van der Waals surface area contributed by atoms with Crippen LogP contribution >= 0.6 is 0 Å². The largest absolute Gasteiger partial charge is 0.478 e.